The van der Waals surface area contributed by atoms with Crippen LogP contribution in [-0.2, 0) is 4.74 Å². The third-order valence-corrected chi connectivity index (χ3v) is 5.20. The molecule has 32 heavy (non-hydrogen) atoms. The van der Waals surface area contributed by atoms with Crippen LogP contribution in [-0.4, -0.2) is 56.7 Å². The standard InChI is InChI=1S/C24H20N6O2/c25-22-15-17(9-10-26-22)1-6-20-16-27-23-8-7-21(28-30(20)23)18-2-4-19(5-3-18)24(31)29-11-13-32-14-12-29/h2-5,7-10,15-16H,11-14H2,(H2,25,26). The number of nitrogen functional groups attached to an aromatic ring is 1. The van der Waals surface area contributed by atoms with Crippen molar-refractivity contribution in [3.05, 3.63) is 77.7 Å². The molecule has 0 aliphatic carbocycles. The maximum atomic E-state index is 12.7. The largest absolute Gasteiger partial charge is 0.384 e. The van der Waals surface area contributed by atoms with E-state index in [9.17, 15) is 4.79 Å². The molecule has 158 valence electrons. The van der Waals surface area contributed by atoms with Gasteiger partial charge >= 0.3 is 0 Å². The van der Waals surface area contributed by atoms with Crippen LogP contribution in [0.1, 0.15) is 21.6 Å². The van der Waals surface area contributed by atoms with E-state index in [0.717, 1.165) is 16.8 Å². The molecule has 3 aromatic heterocycles. The van der Waals surface area contributed by atoms with E-state index in [-0.39, 0.29) is 5.91 Å². The molecule has 0 atom stereocenters. The minimum atomic E-state index is 0.0205. The summed E-state index contributed by atoms with van der Waals surface area (Å²) in [6.45, 7) is 2.40. The third-order valence-electron chi connectivity index (χ3n) is 5.20. The van der Waals surface area contributed by atoms with Gasteiger partial charge in [0.2, 0.25) is 0 Å². The first-order valence-electron chi connectivity index (χ1n) is 10.2. The van der Waals surface area contributed by atoms with Gasteiger partial charge in [-0.05, 0) is 42.3 Å². The monoisotopic (exact) mass is 424 g/mol. The normalized spacial score (nSPS) is 13.6. The van der Waals surface area contributed by atoms with Crippen LogP contribution in [0.25, 0.3) is 16.9 Å². The highest BCUT2D eigenvalue weighted by Crippen LogP contribution is 2.19. The zero-order valence-corrected chi connectivity index (χ0v) is 17.2. The lowest BCUT2D eigenvalue weighted by Crippen LogP contribution is -2.40. The van der Waals surface area contributed by atoms with Crippen molar-refractivity contribution in [3.8, 4) is 23.1 Å². The number of morpholine rings is 1. The summed E-state index contributed by atoms with van der Waals surface area (Å²) in [5, 5.41) is 4.70. The van der Waals surface area contributed by atoms with E-state index < -0.39 is 0 Å². The van der Waals surface area contributed by atoms with E-state index in [1.54, 1.807) is 29.0 Å². The van der Waals surface area contributed by atoms with Crippen LogP contribution in [0.3, 0.4) is 0 Å². The Bertz CT molecular complexity index is 1340. The predicted octanol–water partition coefficient (Wildman–Crippen LogP) is 2.25. The molecule has 1 saturated heterocycles. The average Bonchev–Trinajstić information content (AvgIpc) is 3.25. The number of hydrogen-bond donors (Lipinski definition) is 1. The molecule has 0 unspecified atom stereocenters. The minimum absolute atomic E-state index is 0.0205. The number of aromatic nitrogens is 4. The second kappa shape index (κ2) is 8.49. The van der Waals surface area contributed by atoms with Crippen LogP contribution in [0.2, 0.25) is 0 Å². The molecule has 1 amide bonds. The number of pyridine rings is 1. The number of ether oxygens (including phenoxy) is 1. The van der Waals surface area contributed by atoms with E-state index in [1.165, 1.54) is 0 Å². The number of hydrogen-bond acceptors (Lipinski definition) is 6. The number of carbonyl (C=O) groups is 1. The summed E-state index contributed by atoms with van der Waals surface area (Å²) in [5.41, 5.74) is 10.2. The number of carbonyl (C=O) groups excluding carboxylic acids is 1. The zero-order chi connectivity index (χ0) is 21.9. The fraction of sp³-hybridized carbons (Fsp3) is 0.167. The van der Waals surface area contributed by atoms with E-state index in [0.29, 0.717) is 49.0 Å². The fourth-order valence-electron chi connectivity index (χ4n) is 3.51. The first-order valence-corrected chi connectivity index (χ1v) is 10.2. The molecule has 8 heteroatoms. The lowest BCUT2D eigenvalue weighted by molar-refractivity contribution is 0.0303. The predicted molar refractivity (Wildman–Crippen MR) is 120 cm³/mol. The van der Waals surface area contributed by atoms with Crippen LogP contribution in [0.15, 0.2) is 60.9 Å². The van der Waals surface area contributed by atoms with Crippen molar-refractivity contribution in [2.24, 2.45) is 0 Å². The summed E-state index contributed by atoms with van der Waals surface area (Å²) >= 11 is 0. The Morgan fingerprint density at radius 2 is 1.81 bits per heavy atom. The van der Waals surface area contributed by atoms with Gasteiger partial charge in [0.15, 0.2) is 5.65 Å². The molecule has 4 heterocycles. The average molecular weight is 424 g/mol. The van der Waals surface area contributed by atoms with Crippen LogP contribution >= 0.6 is 0 Å². The molecular formula is C24H20N6O2. The number of benzene rings is 1. The molecule has 5 rings (SSSR count). The Hall–Kier alpha value is -4.22. The molecule has 0 saturated carbocycles. The second-order valence-electron chi connectivity index (χ2n) is 7.33. The number of amides is 1. The summed E-state index contributed by atoms with van der Waals surface area (Å²) in [6.07, 6.45) is 3.31. The summed E-state index contributed by atoms with van der Waals surface area (Å²) in [7, 11) is 0. The van der Waals surface area contributed by atoms with Crippen LogP contribution in [0, 0.1) is 11.8 Å². The Kier molecular flexibility index (Phi) is 5.24. The van der Waals surface area contributed by atoms with Gasteiger partial charge in [0, 0.05) is 36.0 Å². The molecule has 0 spiro atoms. The maximum absolute atomic E-state index is 12.7. The van der Waals surface area contributed by atoms with Crippen molar-refractivity contribution in [2.75, 3.05) is 32.0 Å². The molecule has 1 aromatic carbocycles. The van der Waals surface area contributed by atoms with Gasteiger partial charge in [0.25, 0.3) is 5.91 Å². The molecular weight excluding hydrogens is 404 g/mol. The molecule has 1 aliphatic heterocycles. The SMILES string of the molecule is Nc1cc(C#Cc2cnc3ccc(-c4ccc(C(=O)N5CCOCC5)cc4)nn23)ccn1. The van der Waals surface area contributed by atoms with Gasteiger partial charge < -0.3 is 15.4 Å². The van der Waals surface area contributed by atoms with Crippen molar-refractivity contribution in [1.82, 2.24) is 24.5 Å². The van der Waals surface area contributed by atoms with Crippen molar-refractivity contribution in [3.63, 3.8) is 0 Å². The van der Waals surface area contributed by atoms with Gasteiger partial charge in [0.1, 0.15) is 11.5 Å². The van der Waals surface area contributed by atoms with Gasteiger partial charge in [-0.15, -0.1) is 0 Å². The van der Waals surface area contributed by atoms with Crippen LogP contribution < -0.4 is 5.73 Å². The first-order chi connectivity index (χ1) is 15.7. The van der Waals surface area contributed by atoms with Crippen LogP contribution in [0.4, 0.5) is 5.82 Å². The Labute approximate surface area is 184 Å². The highest BCUT2D eigenvalue weighted by molar-refractivity contribution is 5.94. The van der Waals surface area contributed by atoms with E-state index in [1.807, 2.05) is 41.3 Å². The van der Waals surface area contributed by atoms with Gasteiger partial charge in [-0.2, -0.15) is 5.10 Å². The molecule has 0 radical (unpaired) electrons. The highest BCUT2D eigenvalue weighted by atomic mass is 16.5. The molecule has 8 nitrogen and oxygen atoms in total. The fourth-order valence-corrected chi connectivity index (χ4v) is 3.51. The van der Waals surface area contributed by atoms with Crippen molar-refractivity contribution in [2.45, 2.75) is 0 Å². The number of imidazole rings is 1. The van der Waals surface area contributed by atoms with Gasteiger partial charge in [-0.1, -0.05) is 18.1 Å². The maximum Gasteiger partial charge on any atom is 0.254 e. The van der Waals surface area contributed by atoms with E-state index in [2.05, 4.69) is 21.8 Å². The third kappa shape index (κ3) is 4.02. The van der Waals surface area contributed by atoms with Crippen molar-refractivity contribution >= 4 is 17.4 Å². The van der Waals surface area contributed by atoms with E-state index in [4.69, 9.17) is 15.6 Å². The Morgan fingerprint density at radius 1 is 1.00 bits per heavy atom. The summed E-state index contributed by atoms with van der Waals surface area (Å²) in [6, 6.07) is 14.8. The number of fused-ring (bicyclic) bond motifs is 1. The minimum Gasteiger partial charge on any atom is -0.384 e. The summed E-state index contributed by atoms with van der Waals surface area (Å²) in [5.74, 6) is 6.61. The molecule has 2 N–H and O–H groups in total. The summed E-state index contributed by atoms with van der Waals surface area (Å²) < 4.78 is 7.03. The number of rotatable bonds is 2. The smallest absolute Gasteiger partial charge is 0.254 e. The molecule has 0 bridgehead atoms. The van der Waals surface area contributed by atoms with E-state index >= 15 is 0 Å². The Morgan fingerprint density at radius 3 is 2.59 bits per heavy atom. The molecule has 1 aliphatic rings. The van der Waals surface area contributed by atoms with Gasteiger partial charge in [-0.3, -0.25) is 4.79 Å². The van der Waals surface area contributed by atoms with Gasteiger partial charge in [-0.25, -0.2) is 14.5 Å². The highest BCUT2D eigenvalue weighted by Gasteiger charge is 2.18. The number of anilines is 1. The zero-order valence-electron chi connectivity index (χ0n) is 17.2. The molecule has 1 fully saturated rings. The lowest BCUT2D eigenvalue weighted by Gasteiger charge is -2.26. The first kappa shape index (κ1) is 19.7. The van der Waals surface area contributed by atoms with Crippen molar-refractivity contribution < 1.29 is 9.53 Å². The van der Waals surface area contributed by atoms with Crippen LogP contribution in [0.5, 0.6) is 0 Å². The topological polar surface area (TPSA) is 98.6 Å². The number of nitrogens with two attached hydrogens (primary N) is 1. The lowest BCUT2D eigenvalue weighted by atomic mass is 10.1. The molecule has 4 aromatic rings. The van der Waals surface area contributed by atoms with Crippen molar-refractivity contribution in [1.29, 1.82) is 0 Å². The van der Waals surface area contributed by atoms with Gasteiger partial charge in [0.05, 0.1) is 25.1 Å². The number of nitrogens with zero attached hydrogens (tertiary/aromatic N) is 5. The Balaban J connectivity index is 1.41. The second-order valence-corrected chi connectivity index (χ2v) is 7.33. The summed E-state index contributed by atoms with van der Waals surface area (Å²) in [4.78, 5) is 22.8. The quantitative estimate of drug-likeness (QED) is 0.496.